The van der Waals surface area contributed by atoms with Gasteiger partial charge in [-0.05, 0) is 51.4 Å². The number of nitrogens with two attached hydrogens (primary N) is 1. The van der Waals surface area contributed by atoms with Crippen molar-refractivity contribution in [3.63, 3.8) is 0 Å². The highest BCUT2D eigenvalue weighted by atomic mass is 31.2. The average molecular weight is 800 g/mol. The summed E-state index contributed by atoms with van der Waals surface area (Å²) in [5, 5.41) is 20.6. The van der Waals surface area contributed by atoms with Gasteiger partial charge in [0.1, 0.15) is 6.61 Å². The molecule has 320 valence electrons. The van der Waals surface area contributed by atoms with Crippen molar-refractivity contribution in [3.8, 4) is 0 Å². The molecule has 0 aliphatic heterocycles. The first-order valence-electron chi connectivity index (χ1n) is 21.3. The molecule has 0 aliphatic rings. The topological polar surface area (TPSA) is 175 Å². The second-order valence-corrected chi connectivity index (χ2v) is 15.6. The smallest absolute Gasteiger partial charge is 0.462 e. The second-order valence-electron chi connectivity index (χ2n) is 14.1. The summed E-state index contributed by atoms with van der Waals surface area (Å²) in [5.41, 5.74) is 5.33. The number of aliphatic hydroxyl groups is 2. The quantitative estimate of drug-likeness (QED) is 0.0202. The third-order valence-corrected chi connectivity index (χ3v) is 9.91. The van der Waals surface area contributed by atoms with Gasteiger partial charge in [0.25, 0.3) is 0 Å². The van der Waals surface area contributed by atoms with E-state index in [0.717, 1.165) is 44.9 Å². The highest BCUT2D eigenvalue weighted by Crippen LogP contribution is 2.43. The van der Waals surface area contributed by atoms with Crippen LogP contribution in [-0.2, 0) is 32.7 Å². The van der Waals surface area contributed by atoms with Crippen LogP contribution in [0.2, 0.25) is 0 Å². The van der Waals surface area contributed by atoms with Crippen molar-refractivity contribution in [1.29, 1.82) is 0 Å². The van der Waals surface area contributed by atoms with Crippen LogP contribution >= 0.6 is 7.82 Å². The normalized spacial score (nSPS) is 14.9. The molecule has 0 aromatic carbocycles. The fourth-order valence-electron chi connectivity index (χ4n) is 5.66. The van der Waals surface area contributed by atoms with E-state index in [2.05, 4.69) is 50.3 Å². The second kappa shape index (κ2) is 38.7. The van der Waals surface area contributed by atoms with Crippen LogP contribution in [0.4, 0.5) is 0 Å². The van der Waals surface area contributed by atoms with Crippen molar-refractivity contribution in [2.45, 2.75) is 186 Å². The Bertz CT molecular complexity index is 1080. The van der Waals surface area contributed by atoms with Gasteiger partial charge in [-0.15, -0.1) is 0 Å². The van der Waals surface area contributed by atoms with Crippen LogP contribution < -0.4 is 5.73 Å². The lowest BCUT2D eigenvalue weighted by atomic mass is 10.0. The van der Waals surface area contributed by atoms with E-state index in [4.69, 9.17) is 24.3 Å². The Morgan fingerprint density at radius 2 is 1.11 bits per heavy atom. The lowest BCUT2D eigenvalue weighted by molar-refractivity contribution is -0.161. The molecular weight excluding hydrogens is 721 g/mol. The first kappa shape index (κ1) is 52.9. The molecule has 0 heterocycles. The minimum absolute atomic E-state index is 0.0132. The maximum atomic E-state index is 12.6. The summed E-state index contributed by atoms with van der Waals surface area (Å²) >= 11 is 0. The van der Waals surface area contributed by atoms with E-state index in [0.29, 0.717) is 12.8 Å². The number of ether oxygens (including phenoxy) is 2. The van der Waals surface area contributed by atoms with Gasteiger partial charge in [-0.1, -0.05) is 152 Å². The van der Waals surface area contributed by atoms with E-state index in [9.17, 15) is 29.3 Å². The first-order chi connectivity index (χ1) is 26.6. The van der Waals surface area contributed by atoms with Crippen molar-refractivity contribution in [1.82, 2.24) is 0 Å². The van der Waals surface area contributed by atoms with Crippen LogP contribution in [0.5, 0.6) is 0 Å². The van der Waals surface area contributed by atoms with Crippen molar-refractivity contribution in [2.24, 2.45) is 5.73 Å². The Kier molecular flexibility index (Phi) is 37.3. The Labute approximate surface area is 333 Å². The summed E-state index contributed by atoms with van der Waals surface area (Å²) in [5.74, 6) is -1.11. The monoisotopic (exact) mass is 800 g/mol. The zero-order chi connectivity index (χ0) is 40.7. The number of carbonyl (C=O) groups excluding carboxylic acids is 2. The zero-order valence-corrected chi connectivity index (χ0v) is 35.3. The molecule has 0 radical (unpaired) electrons. The van der Waals surface area contributed by atoms with Gasteiger partial charge >= 0.3 is 19.8 Å². The summed E-state index contributed by atoms with van der Waals surface area (Å²) in [6, 6.07) is 0. The summed E-state index contributed by atoms with van der Waals surface area (Å²) in [4.78, 5) is 34.9. The molecule has 0 aromatic heterocycles. The molecule has 4 atom stereocenters. The Morgan fingerprint density at radius 3 is 1.64 bits per heavy atom. The highest BCUT2D eigenvalue weighted by molar-refractivity contribution is 7.47. The number of phosphoric ester groups is 1. The molecule has 0 spiro atoms. The number of rotatable bonds is 39. The molecule has 0 amide bonds. The summed E-state index contributed by atoms with van der Waals surface area (Å²) in [7, 11) is -4.44. The van der Waals surface area contributed by atoms with Crippen molar-refractivity contribution in [2.75, 3.05) is 26.4 Å². The summed E-state index contributed by atoms with van der Waals surface area (Å²) in [6.07, 6.45) is 36.0. The molecule has 0 rings (SSSR count). The lowest BCUT2D eigenvalue weighted by Crippen LogP contribution is -2.30. The molecule has 55 heavy (non-hydrogen) atoms. The third-order valence-electron chi connectivity index (χ3n) is 8.93. The van der Waals surface area contributed by atoms with Gasteiger partial charge in [-0.3, -0.25) is 18.6 Å². The van der Waals surface area contributed by atoms with Gasteiger partial charge in [0, 0.05) is 19.4 Å². The molecule has 12 heteroatoms. The van der Waals surface area contributed by atoms with Gasteiger partial charge in [-0.2, -0.15) is 0 Å². The number of aliphatic hydroxyl groups excluding tert-OH is 2. The SMILES string of the molecule is CC/C=C\C/C=C\C/C=C\C/C=C\C[C@H](O)[C@@H](O)CCCC(=O)OC[C@H](COP(=O)(O)OCCN)OC(=O)CCCCCCCCCCCCCCCCC. The van der Waals surface area contributed by atoms with E-state index < -0.39 is 44.7 Å². The number of hydrogen-bond acceptors (Lipinski definition) is 10. The molecule has 11 nitrogen and oxygen atoms in total. The van der Waals surface area contributed by atoms with E-state index in [1.807, 2.05) is 12.2 Å². The van der Waals surface area contributed by atoms with Crippen molar-refractivity contribution < 1.29 is 47.8 Å². The zero-order valence-electron chi connectivity index (χ0n) is 34.4. The minimum Gasteiger partial charge on any atom is -0.462 e. The number of hydrogen-bond donors (Lipinski definition) is 4. The van der Waals surface area contributed by atoms with Gasteiger partial charge < -0.3 is 30.3 Å². The molecule has 5 N–H and O–H groups in total. The standard InChI is InChI=1S/C43H78NO10P/c1-3-5-7-9-11-13-15-17-18-19-21-23-25-27-29-33-43(48)54-39(38-53-55(49,50)52-36-35-44)37-51-42(47)34-30-32-41(46)40(45)31-28-26-24-22-20-16-14-12-10-8-6-4-2/h6,8,12,14,20,22,26,28,39-41,45-46H,3-5,7,9-11,13,15-19,21,23-25,27,29-38,44H2,1-2H3,(H,49,50)/b8-6-,14-12-,22-20-,28-26-/t39-,40+,41+/m1/s1. The molecule has 0 fully saturated rings. The van der Waals surface area contributed by atoms with Crippen molar-refractivity contribution in [3.05, 3.63) is 48.6 Å². The maximum Gasteiger partial charge on any atom is 0.472 e. The summed E-state index contributed by atoms with van der Waals surface area (Å²) in [6.45, 7) is 3.28. The van der Waals surface area contributed by atoms with E-state index in [1.54, 1.807) is 0 Å². The molecule has 1 unspecified atom stereocenters. The number of carbonyl (C=O) groups is 2. The summed E-state index contributed by atoms with van der Waals surface area (Å²) < 4.78 is 32.6. The molecule has 0 aromatic rings. The van der Waals surface area contributed by atoms with Gasteiger partial charge in [0.15, 0.2) is 6.10 Å². The van der Waals surface area contributed by atoms with Crippen LogP contribution in [0.25, 0.3) is 0 Å². The number of phosphoric acid groups is 1. The maximum absolute atomic E-state index is 12.6. The Morgan fingerprint density at radius 1 is 0.618 bits per heavy atom. The van der Waals surface area contributed by atoms with Crippen LogP contribution in [0.15, 0.2) is 48.6 Å². The Hall–Kier alpha value is -2.11. The molecule has 0 bridgehead atoms. The fraction of sp³-hybridized carbons (Fsp3) is 0.767. The van der Waals surface area contributed by atoms with Crippen LogP contribution in [0.3, 0.4) is 0 Å². The molecular formula is C43H78NO10P. The van der Waals surface area contributed by atoms with E-state index in [1.165, 1.54) is 70.6 Å². The van der Waals surface area contributed by atoms with Crippen LogP contribution in [0.1, 0.15) is 168 Å². The number of allylic oxidation sites excluding steroid dienone is 7. The van der Waals surface area contributed by atoms with Crippen LogP contribution in [0, 0.1) is 0 Å². The molecule has 0 saturated heterocycles. The van der Waals surface area contributed by atoms with Gasteiger partial charge in [0.2, 0.25) is 0 Å². The molecule has 0 saturated carbocycles. The van der Waals surface area contributed by atoms with E-state index >= 15 is 0 Å². The van der Waals surface area contributed by atoms with Gasteiger partial charge in [-0.25, -0.2) is 4.57 Å². The van der Waals surface area contributed by atoms with Crippen molar-refractivity contribution >= 4 is 19.8 Å². The molecule has 0 aliphatic carbocycles. The average Bonchev–Trinajstić information content (AvgIpc) is 3.16. The lowest BCUT2D eigenvalue weighted by Gasteiger charge is -2.20. The highest BCUT2D eigenvalue weighted by Gasteiger charge is 2.26. The van der Waals surface area contributed by atoms with E-state index in [-0.39, 0.29) is 45.4 Å². The van der Waals surface area contributed by atoms with Gasteiger partial charge in [0.05, 0.1) is 25.4 Å². The number of unbranched alkanes of at least 4 members (excludes halogenated alkanes) is 14. The Balaban J connectivity index is 4.40. The predicted octanol–water partition coefficient (Wildman–Crippen LogP) is 9.88. The number of esters is 2. The minimum atomic E-state index is -4.44. The predicted molar refractivity (Wildman–Crippen MR) is 222 cm³/mol. The third kappa shape index (κ3) is 37.2. The van der Waals surface area contributed by atoms with Crippen LogP contribution in [-0.4, -0.2) is 71.7 Å². The first-order valence-corrected chi connectivity index (χ1v) is 22.8. The fourth-order valence-corrected chi connectivity index (χ4v) is 6.43. The largest absolute Gasteiger partial charge is 0.472 e.